The molecule has 2 heterocycles. The maximum absolute atomic E-state index is 15.3. The van der Waals surface area contributed by atoms with Gasteiger partial charge in [-0.3, -0.25) is 23.9 Å². The van der Waals surface area contributed by atoms with Gasteiger partial charge in [-0.1, -0.05) is 44.1 Å². The zero-order chi connectivity index (χ0) is 30.6. The van der Waals surface area contributed by atoms with Gasteiger partial charge in [0.05, 0.1) is 25.5 Å². The lowest BCUT2D eigenvalue weighted by atomic mass is 10.00. The number of rotatable bonds is 12. The highest BCUT2D eigenvalue weighted by atomic mass is 35.5. The number of nitrogens with zero attached hydrogens (tertiary/aromatic N) is 1. The molecule has 0 spiro atoms. The van der Waals surface area contributed by atoms with E-state index < -0.39 is 77.4 Å². The maximum Gasteiger partial charge on any atom is 0.330 e. The molecule has 1 saturated heterocycles. The molecule has 1 aliphatic rings. The highest BCUT2D eigenvalue weighted by Gasteiger charge is 2.58. The summed E-state index contributed by atoms with van der Waals surface area (Å²) in [6.07, 6.45) is -5.72. The molecule has 1 aromatic rings. The van der Waals surface area contributed by atoms with Crippen molar-refractivity contribution in [2.45, 2.75) is 77.3 Å². The summed E-state index contributed by atoms with van der Waals surface area (Å²) in [6.45, 7) is 5.75. The Balaban J connectivity index is 2.19. The van der Waals surface area contributed by atoms with Crippen LogP contribution >= 0.6 is 30.0 Å². The predicted molar refractivity (Wildman–Crippen MR) is 148 cm³/mol. The number of aliphatic hydroxyl groups is 1. The minimum atomic E-state index is -3.58. The summed E-state index contributed by atoms with van der Waals surface area (Å²) in [7, 11) is 0. The fourth-order valence-corrected chi connectivity index (χ4v) is 6.72. The van der Waals surface area contributed by atoms with E-state index in [4.69, 9.17) is 41.9 Å². The van der Waals surface area contributed by atoms with Gasteiger partial charge < -0.3 is 23.6 Å². The molecule has 0 saturated carbocycles. The van der Waals surface area contributed by atoms with Gasteiger partial charge in [0, 0.05) is 11.2 Å². The summed E-state index contributed by atoms with van der Waals surface area (Å²) in [5.41, 5.74) is -3.16. The standard InChI is InChI=1S/C22H33ClF2N3O9PS2/c1-11(2)36-17(31)12(3)27-38(39,34-7-8-40-19(32)21(4,5)6)35-10-14-15(29)22(23,25)18(37-14)28-9-13(24)16(30)26-20(28)33/h9,11-12,14-15,18,29H,7-8,10H2,1-6H3,(H,27,39)(H,26,30,33)/t12-,14+,15+,18+,22+,38-/m0/s1. The largest absolute Gasteiger partial charge is 0.462 e. The first-order chi connectivity index (χ1) is 18.3. The monoisotopic (exact) mass is 651 g/mol. The summed E-state index contributed by atoms with van der Waals surface area (Å²) in [4.78, 5) is 49.6. The summed E-state index contributed by atoms with van der Waals surface area (Å²) in [6, 6.07) is -1.00. The fraction of sp³-hybridized carbons (Fsp3) is 0.727. The Labute approximate surface area is 243 Å². The number of nitrogens with one attached hydrogen (secondary N) is 2. The molecule has 0 aromatic carbocycles. The lowest BCUT2D eigenvalue weighted by molar-refractivity contribution is -0.149. The Hall–Kier alpha value is -1.23. The summed E-state index contributed by atoms with van der Waals surface area (Å²) >= 11 is 12.4. The number of carbonyl (C=O) groups excluding carboxylic acids is 2. The van der Waals surface area contributed by atoms with E-state index in [9.17, 15) is 28.7 Å². The van der Waals surface area contributed by atoms with Gasteiger partial charge in [0.25, 0.3) is 17.3 Å². The van der Waals surface area contributed by atoms with Crippen molar-refractivity contribution in [1.29, 1.82) is 0 Å². The predicted octanol–water partition coefficient (Wildman–Crippen LogP) is 2.33. The van der Waals surface area contributed by atoms with Crippen LogP contribution in [0, 0.1) is 11.2 Å². The highest BCUT2D eigenvalue weighted by molar-refractivity contribution is 8.13. The van der Waals surface area contributed by atoms with Gasteiger partial charge in [-0.2, -0.15) is 4.39 Å². The Morgan fingerprint density at radius 2 is 1.98 bits per heavy atom. The molecular formula is C22H33ClF2N3O9PS2. The maximum atomic E-state index is 15.3. The number of hydrogen-bond donors (Lipinski definition) is 3. The van der Waals surface area contributed by atoms with E-state index in [0.29, 0.717) is 10.8 Å². The van der Waals surface area contributed by atoms with Crippen LogP contribution in [0.5, 0.6) is 0 Å². The average molecular weight is 652 g/mol. The van der Waals surface area contributed by atoms with E-state index >= 15 is 4.39 Å². The quantitative estimate of drug-likeness (QED) is 0.131. The zero-order valence-electron chi connectivity index (χ0n) is 22.6. The number of alkyl halides is 2. The second-order valence-corrected chi connectivity index (χ2v) is 15.0. The van der Waals surface area contributed by atoms with Crippen molar-refractivity contribution in [1.82, 2.24) is 14.6 Å². The van der Waals surface area contributed by atoms with Crippen LogP contribution in [0.4, 0.5) is 8.78 Å². The SMILES string of the molecule is CC(C)OC(=O)[C@H](C)N[P@](=S)(OCCSC(=O)C(C)(C)C)OC[C@H]1O[C@@H](n2cc(F)c(=O)[nH]c2=O)[C@@](F)(Cl)[C@@H]1O. The molecule has 12 nitrogen and oxygen atoms in total. The molecule has 1 fully saturated rings. The summed E-state index contributed by atoms with van der Waals surface area (Å²) in [5.74, 6) is -1.87. The van der Waals surface area contributed by atoms with Crippen LogP contribution in [0.15, 0.2) is 15.8 Å². The van der Waals surface area contributed by atoms with E-state index in [0.717, 1.165) is 11.8 Å². The van der Waals surface area contributed by atoms with Crippen molar-refractivity contribution in [3.8, 4) is 0 Å². The number of aromatic nitrogens is 2. The van der Waals surface area contributed by atoms with Gasteiger partial charge in [-0.05, 0) is 32.6 Å². The number of hydrogen-bond acceptors (Lipinski definition) is 11. The normalized spacial score (nSPS) is 25.5. The summed E-state index contributed by atoms with van der Waals surface area (Å²) < 4.78 is 51.4. The molecule has 40 heavy (non-hydrogen) atoms. The van der Waals surface area contributed by atoms with Crippen molar-refractivity contribution >= 4 is 52.9 Å². The van der Waals surface area contributed by atoms with E-state index in [1.807, 2.05) is 0 Å². The molecular weight excluding hydrogens is 619 g/mol. The molecule has 0 amide bonds. The van der Waals surface area contributed by atoms with Crippen molar-refractivity contribution in [3.05, 3.63) is 32.9 Å². The van der Waals surface area contributed by atoms with Gasteiger partial charge in [0.15, 0.2) is 11.3 Å². The van der Waals surface area contributed by atoms with E-state index in [-0.39, 0.29) is 17.5 Å². The van der Waals surface area contributed by atoms with Gasteiger partial charge in [0.2, 0.25) is 5.82 Å². The number of H-pyrrole nitrogens is 1. The Morgan fingerprint density at radius 3 is 2.55 bits per heavy atom. The molecule has 1 aliphatic heterocycles. The molecule has 228 valence electrons. The van der Waals surface area contributed by atoms with Crippen LogP contribution in [0.3, 0.4) is 0 Å². The van der Waals surface area contributed by atoms with E-state index in [1.165, 1.54) is 6.92 Å². The van der Waals surface area contributed by atoms with E-state index in [1.54, 1.807) is 39.6 Å². The first-order valence-electron chi connectivity index (χ1n) is 12.1. The molecule has 0 bridgehead atoms. The molecule has 3 N–H and O–H groups in total. The Kier molecular flexibility index (Phi) is 12.1. The van der Waals surface area contributed by atoms with Crippen LogP contribution in [0.25, 0.3) is 0 Å². The molecule has 0 aliphatic carbocycles. The Bertz CT molecular complexity index is 1240. The second-order valence-electron chi connectivity index (χ2n) is 10.1. The second kappa shape index (κ2) is 13.8. The number of carbonyl (C=O) groups is 2. The minimum absolute atomic E-state index is 0.0754. The number of ether oxygens (including phenoxy) is 2. The first kappa shape index (κ1) is 35.0. The number of halogens is 3. The molecule has 18 heteroatoms. The number of aliphatic hydroxyl groups excluding tert-OH is 1. The van der Waals surface area contributed by atoms with Gasteiger partial charge >= 0.3 is 11.7 Å². The summed E-state index contributed by atoms with van der Waals surface area (Å²) in [5, 5.41) is 10.0. The van der Waals surface area contributed by atoms with Crippen LogP contribution in [-0.2, 0) is 39.9 Å². The Morgan fingerprint density at radius 1 is 1.35 bits per heavy atom. The fourth-order valence-electron chi connectivity index (χ4n) is 3.16. The van der Waals surface area contributed by atoms with E-state index in [2.05, 4.69) is 5.09 Å². The topological polar surface area (TPSA) is 158 Å². The third-order valence-electron chi connectivity index (χ3n) is 5.21. The van der Waals surface area contributed by atoms with Crippen LogP contribution in [0.2, 0.25) is 0 Å². The zero-order valence-corrected chi connectivity index (χ0v) is 25.9. The molecule has 6 atom stereocenters. The van der Waals surface area contributed by atoms with Crippen molar-refractivity contribution in [2.75, 3.05) is 19.0 Å². The van der Waals surface area contributed by atoms with Gasteiger partial charge in [-0.15, -0.1) is 0 Å². The van der Waals surface area contributed by atoms with Gasteiger partial charge in [-0.25, -0.2) is 14.3 Å². The molecule has 0 radical (unpaired) electrons. The average Bonchev–Trinajstić information content (AvgIpc) is 3.05. The van der Waals surface area contributed by atoms with Gasteiger partial charge in [0.1, 0.15) is 18.2 Å². The lowest BCUT2D eigenvalue weighted by Gasteiger charge is -2.28. The highest BCUT2D eigenvalue weighted by Crippen LogP contribution is 2.48. The first-order valence-corrected chi connectivity index (χ1v) is 16.1. The smallest absolute Gasteiger partial charge is 0.330 e. The van der Waals surface area contributed by atoms with Crippen LogP contribution in [0.1, 0.15) is 47.8 Å². The lowest BCUT2D eigenvalue weighted by Crippen LogP contribution is -2.42. The number of thioether (sulfide) groups is 1. The number of aromatic amines is 1. The number of esters is 1. The van der Waals surface area contributed by atoms with Crippen LogP contribution < -0.4 is 16.3 Å². The third kappa shape index (κ3) is 9.13. The molecule has 1 aromatic heterocycles. The van der Waals surface area contributed by atoms with Crippen molar-refractivity contribution in [3.63, 3.8) is 0 Å². The van der Waals surface area contributed by atoms with Crippen molar-refractivity contribution in [2.24, 2.45) is 5.41 Å². The molecule has 0 unspecified atom stereocenters. The minimum Gasteiger partial charge on any atom is -0.462 e. The van der Waals surface area contributed by atoms with Crippen molar-refractivity contribution < 1.29 is 42.0 Å². The van der Waals surface area contributed by atoms with Crippen LogP contribution in [-0.4, -0.2) is 74.2 Å². The third-order valence-corrected chi connectivity index (χ3v) is 9.53. The molecule has 2 rings (SSSR count).